The van der Waals surface area contributed by atoms with Gasteiger partial charge < -0.3 is 14.5 Å². The molecule has 28 heavy (non-hydrogen) atoms. The number of nitrogens with zero attached hydrogens (tertiary/aromatic N) is 2. The lowest BCUT2D eigenvalue weighted by Crippen LogP contribution is -2.43. The number of piperidine rings is 1. The van der Waals surface area contributed by atoms with Gasteiger partial charge in [-0.15, -0.1) is 0 Å². The Kier molecular flexibility index (Phi) is 6.18. The Morgan fingerprint density at radius 2 is 1.54 bits per heavy atom. The number of amides is 2. The van der Waals surface area contributed by atoms with E-state index in [-0.39, 0.29) is 11.8 Å². The van der Waals surface area contributed by atoms with Gasteiger partial charge in [0.1, 0.15) is 5.75 Å². The molecule has 1 atom stereocenters. The van der Waals surface area contributed by atoms with E-state index in [0.29, 0.717) is 18.4 Å². The molecule has 1 aliphatic carbocycles. The Bertz CT molecular complexity index is 676. The van der Waals surface area contributed by atoms with Crippen molar-refractivity contribution in [1.82, 2.24) is 9.80 Å². The van der Waals surface area contributed by atoms with Crippen molar-refractivity contribution in [2.45, 2.75) is 51.4 Å². The molecule has 0 aromatic heterocycles. The van der Waals surface area contributed by atoms with E-state index >= 15 is 0 Å². The van der Waals surface area contributed by atoms with Crippen LogP contribution in [0.2, 0.25) is 0 Å². The predicted molar refractivity (Wildman–Crippen MR) is 108 cm³/mol. The molecule has 0 spiro atoms. The van der Waals surface area contributed by atoms with Crippen LogP contribution in [-0.4, -0.2) is 54.4 Å². The number of likely N-dealkylation sites (tertiary alicyclic amines) is 2. The number of carbonyl (C=O) groups is 2. The highest BCUT2D eigenvalue weighted by Gasteiger charge is 2.30. The fourth-order valence-electron chi connectivity index (χ4n) is 4.84. The van der Waals surface area contributed by atoms with Crippen molar-refractivity contribution in [3.05, 3.63) is 29.8 Å². The fourth-order valence-corrected chi connectivity index (χ4v) is 4.84. The average molecular weight is 385 g/mol. The molecule has 1 aromatic carbocycles. The molecule has 0 unspecified atom stereocenters. The van der Waals surface area contributed by atoms with Gasteiger partial charge in [0.05, 0.1) is 6.61 Å². The van der Waals surface area contributed by atoms with Crippen LogP contribution in [-0.2, 0) is 4.79 Å². The largest absolute Gasteiger partial charge is 0.493 e. The van der Waals surface area contributed by atoms with Gasteiger partial charge in [-0.1, -0.05) is 12.8 Å². The minimum Gasteiger partial charge on any atom is -0.493 e. The van der Waals surface area contributed by atoms with E-state index in [4.69, 9.17) is 4.74 Å². The number of benzene rings is 1. The molecule has 0 bridgehead atoms. The molecule has 152 valence electrons. The van der Waals surface area contributed by atoms with E-state index in [2.05, 4.69) is 4.90 Å². The Morgan fingerprint density at radius 3 is 2.25 bits per heavy atom. The van der Waals surface area contributed by atoms with Crippen molar-refractivity contribution in [3.8, 4) is 5.75 Å². The van der Waals surface area contributed by atoms with Gasteiger partial charge in [0.25, 0.3) is 5.91 Å². The fraction of sp³-hybridized carbons (Fsp3) is 0.652. The van der Waals surface area contributed by atoms with Crippen molar-refractivity contribution in [2.75, 3.05) is 32.8 Å². The monoisotopic (exact) mass is 384 g/mol. The van der Waals surface area contributed by atoms with Crippen LogP contribution < -0.4 is 4.74 Å². The van der Waals surface area contributed by atoms with Crippen molar-refractivity contribution in [3.63, 3.8) is 0 Å². The van der Waals surface area contributed by atoms with Crippen LogP contribution in [0.1, 0.15) is 61.7 Å². The zero-order chi connectivity index (χ0) is 19.3. The van der Waals surface area contributed by atoms with Crippen LogP contribution in [0.4, 0.5) is 0 Å². The standard InChI is InChI=1S/C23H32N2O3/c26-22(24-13-3-4-14-24)20-9-11-21(12-10-20)28-17-18-6-5-15-25(16-18)23(27)19-7-1-2-8-19/h9-12,18-19H,1-8,13-17H2/t18-/m0/s1. The van der Waals surface area contributed by atoms with Gasteiger partial charge in [-0.25, -0.2) is 0 Å². The first kappa shape index (κ1) is 19.3. The van der Waals surface area contributed by atoms with E-state index in [1.807, 2.05) is 29.2 Å². The van der Waals surface area contributed by atoms with E-state index in [1.54, 1.807) is 0 Å². The lowest BCUT2D eigenvalue weighted by Gasteiger charge is -2.34. The lowest BCUT2D eigenvalue weighted by atomic mass is 9.96. The van der Waals surface area contributed by atoms with Crippen molar-refractivity contribution >= 4 is 11.8 Å². The molecule has 2 amide bonds. The number of ether oxygens (including phenoxy) is 1. The summed E-state index contributed by atoms with van der Waals surface area (Å²) in [6.45, 7) is 4.09. The summed E-state index contributed by atoms with van der Waals surface area (Å²) in [5.41, 5.74) is 0.736. The SMILES string of the molecule is O=C(c1ccc(OC[C@H]2CCCN(C(=O)C3CCCC3)C2)cc1)N1CCCC1. The third kappa shape index (κ3) is 4.50. The van der Waals surface area contributed by atoms with Gasteiger partial charge in [-0.3, -0.25) is 9.59 Å². The van der Waals surface area contributed by atoms with Crippen molar-refractivity contribution in [1.29, 1.82) is 0 Å². The second-order valence-corrected chi connectivity index (χ2v) is 8.61. The van der Waals surface area contributed by atoms with E-state index in [1.165, 1.54) is 12.8 Å². The molecule has 5 heteroatoms. The van der Waals surface area contributed by atoms with Crippen LogP contribution in [0.5, 0.6) is 5.75 Å². The van der Waals surface area contributed by atoms with Gasteiger partial charge in [-0.05, 0) is 62.8 Å². The van der Waals surface area contributed by atoms with Crippen molar-refractivity contribution in [2.24, 2.45) is 11.8 Å². The summed E-state index contributed by atoms with van der Waals surface area (Å²) < 4.78 is 6.00. The molecular weight excluding hydrogens is 352 g/mol. The van der Waals surface area contributed by atoms with Gasteiger partial charge in [0.15, 0.2) is 0 Å². The van der Waals surface area contributed by atoms with Crippen LogP contribution in [0.3, 0.4) is 0 Å². The van der Waals surface area contributed by atoms with Crippen LogP contribution in [0, 0.1) is 11.8 Å². The third-order valence-corrected chi connectivity index (χ3v) is 6.52. The van der Waals surface area contributed by atoms with Crippen LogP contribution in [0.25, 0.3) is 0 Å². The minimum absolute atomic E-state index is 0.123. The molecule has 0 radical (unpaired) electrons. The first-order chi connectivity index (χ1) is 13.7. The Labute approximate surface area is 168 Å². The molecule has 3 aliphatic rings. The molecule has 0 N–H and O–H groups in total. The number of hydrogen-bond acceptors (Lipinski definition) is 3. The first-order valence-corrected chi connectivity index (χ1v) is 11.0. The summed E-state index contributed by atoms with van der Waals surface area (Å²) >= 11 is 0. The molecule has 2 aliphatic heterocycles. The Hall–Kier alpha value is -2.04. The molecule has 5 nitrogen and oxygen atoms in total. The average Bonchev–Trinajstić information content (AvgIpc) is 3.46. The topological polar surface area (TPSA) is 49.9 Å². The van der Waals surface area contributed by atoms with Crippen molar-refractivity contribution < 1.29 is 14.3 Å². The molecule has 1 aromatic rings. The second kappa shape index (κ2) is 8.97. The molecular formula is C23H32N2O3. The van der Waals surface area contributed by atoms with Crippen LogP contribution in [0.15, 0.2) is 24.3 Å². The first-order valence-electron chi connectivity index (χ1n) is 11.0. The zero-order valence-corrected chi connectivity index (χ0v) is 16.8. The number of rotatable bonds is 5. The normalized spacial score (nSPS) is 23.2. The molecule has 4 rings (SSSR count). The maximum Gasteiger partial charge on any atom is 0.253 e. The Balaban J connectivity index is 1.26. The maximum absolute atomic E-state index is 12.7. The smallest absolute Gasteiger partial charge is 0.253 e. The summed E-state index contributed by atoms with van der Waals surface area (Å²) in [6.07, 6.45) is 8.93. The molecule has 2 heterocycles. The highest BCUT2D eigenvalue weighted by Crippen LogP contribution is 2.29. The summed E-state index contributed by atoms with van der Waals surface area (Å²) in [6, 6.07) is 7.53. The minimum atomic E-state index is 0.123. The van der Waals surface area contributed by atoms with Gasteiger partial charge in [-0.2, -0.15) is 0 Å². The summed E-state index contributed by atoms with van der Waals surface area (Å²) in [7, 11) is 0. The third-order valence-electron chi connectivity index (χ3n) is 6.52. The summed E-state index contributed by atoms with van der Waals surface area (Å²) in [5.74, 6) is 1.95. The molecule has 2 saturated heterocycles. The summed E-state index contributed by atoms with van der Waals surface area (Å²) in [5, 5.41) is 0. The zero-order valence-electron chi connectivity index (χ0n) is 16.8. The Morgan fingerprint density at radius 1 is 0.857 bits per heavy atom. The highest BCUT2D eigenvalue weighted by atomic mass is 16.5. The quantitative estimate of drug-likeness (QED) is 0.777. The van der Waals surface area contributed by atoms with Crippen LogP contribution >= 0.6 is 0 Å². The highest BCUT2D eigenvalue weighted by molar-refractivity contribution is 5.94. The van der Waals surface area contributed by atoms with Gasteiger partial charge >= 0.3 is 0 Å². The maximum atomic E-state index is 12.7. The number of carbonyl (C=O) groups excluding carboxylic acids is 2. The van der Waals surface area contributed by atoms with E-state index < -0.39 is 0 Å². The lowest BCUT2D eigenvalue weighted by molar-refractivity contribution is -0.137. The molecule has 1 saturated carbocycles. The summed E-state index contributed by atoms with van der Waals surface area (Å²) in [4.78, 5) is 29.1. The second-order valence-electron chi connectivity index (χ2n) is 8.61. The number of hydrogen-bond donors (Lipinski definition) is 0. The van der Waals surface area contributed by atoms with E-state index in [9.17, 15) is 9.59 Å². The van der Waals surface area contributed by atoms with E-state index in [0.717, 1.165) is 76.0 Å². The van der Waals surface area contributed by atoms with Gasteiger partial charge in [0, 0.05) is 43.6 Å². The van der Waals surface area contributed by atoms with Gasteiger partial charge in [0.2, 0.25) is 5.91 Å². The predicted octanol–water partition coefficient (Wildman–Crippen LogP) is 3.73. The molecule has 3 fully saturated rings.